The summed E-state index contributed by atoms with van der Waals surface area (Å²) in [5.41, 5.74) is 2.55. The molecule has 0 radical (unpaired) electrons. The zero-order chi connectivity index (χ0) is 22.0. The molecule has 0 N–H and O–H groups in total. The van der Waals surface area contributed by atoms with Crippen LogP contribution in [0.3, 0.4) is 0 Å². The monoisotopic (exact) mass is 433 g/mol. The summed E-state index contributed by atoms with van der Waals surface area (Å²) in [7, 11) is 0. The standard InChI is InChI=1S/C25H23NO4S/c1-16(2)30-19-12-10-18(11-13-19)22-23(31-15-20-8-6-14-29-20)25(28)26(24(22)27)21-9-5-4-7-17(21)3/h4-14,16H,15H2,1-3H3. The van der Waals surface area contributed by atoms with Gasteiger partial charge in [0.2, 0.25) is 0 Å². The lowest BCUT2D eigenvalue weighted by molar-refractivity contribution is -0.119. The quantitative estimate of drug-likeness (QED) is 0.454. The summed E-state index contributed by atoms with van der Waals surface area (Å²) in [6.45, 7) is 5.81. The number of carbonyl (C=O) groups excluding carboxylic acids is 2. The first-order valence-corrected chi connectivity index (χ1v) is 11.0. The first kappa shape index (κ1) is 21.0. The van der Waals surface area contributed by atoms with E-state index in [-0.39, 0.29) is 17.9 Å². The predicted octanol–water partition coefficient (Wildman–Crippen LogP) is 5.59. The van der Waals surface area contributed by atoms with E-state index in [9.17, 15) is 9.59 Å². The van der Waals surface area contributed by atoms with Gasteiger partial charge in [-0.3, -0.25) is 9.59 Å². The molecule has 4 rings (SSSR count). The number of furan rings is 1. The normalized spacial score (nSPS) is 14.1. The first-order chi connectivity index (χ1) is 15.0. The number of hydrogen-bond donors (Lipinski definition) is 0. The molecule has 1 aliphatic rings. The van der Waals surface area contributed by atoms with Crippen LogP contribution in [0.2, 0.25) is 0 Å². The Balaban J connectivity index is 1.73. The van der Waals surface area contributed by atoms with Crippen LogP contribution in [-0.4, -0.2) is 17.9 Å². The lowest BCUT2D eigenvalue weighted by atomic mass is 10.1. The van der Waals surface area contributed by atoms with Crippen molar-refractivity contribution in [1.29, 1.82) is 0 Å². The minimum absolute atomic E-state index is 0.0516. The van der Waals surface area contributed by atoms with Crippen molar-refractivity contribution in [2.45, 2.75) is 32.6 Å². The van der Waals surface area contributed by atoms with Crippen molar-refractivity contribution in [1.82, 2.24) is 0 Å². The largest absolute Gasteiger partial charge is 0.491 e. The van der Waals surface area contributed by atoms with Crippen LogP contribution < -0.4 is 9.64 Å². The van der Waals surface area contributed by atoms with Gasteiger partial charge in [-0.05, 0) is 62.2 Å². The van der Waals surface area contributed by atoms with Gasteiger partial charge < -0.3 is 9.15 Å². The lowest BCUT2D eigenvalue weighted by Gasteiger charge is -2.17. The van der Waals surface area contributed by atoms with Crippen LogP contribution >= 0.6 is 11.8 Å². The number of aryl methyl sites for hydroxylation is 1. The van der Waals surface area contributed by atoms with Gasteiger partial charge >= 0.3 is 0 Å². The number of benzene rings is 2. The van der Waals surface area contributed by atoms with Gasteiger partial charge in [0.15, 0.2) is 0 Å². The van der Waals surface area contributed by atoms with Gasteiger partial charge in [0.05, 0.1) is 34.3 Å². The summed E-state index contributed by atoms with van der Waals surface area (Å²) >= 11 is 1.32. The molecule has 5 nitrogen and oxygen atoms in total. The zero-order valence-corrected chi connectivity index (χ0v) is 18.4. The molecule has 6 heteroatoms. The van der Waals surface area contributed by atoms with Crippen molar-refractivity contribution in [3.63, 3.8) is 0 Å². The van der Waals surface area contributed by atoms with Crippen LogP contribution in [0.5, 0.6) is 5.75 Å². The molecule has 2 amide bonds. The summed E-state index contributed by atoms with van der Waals surface area (Å²) in [6.07, 6.45) is 1.65. The van der Waals surface area contributed by atoms with Gasteiger partial charge in [-0.25, -0.2) is 4.90 Å². The molecule has 0 bridgehead atoms. The molecule has 3 aromatic rings. The van der Waals surface area contributed by atoms with Crippen LogP contribution in [0.25, 0.3) is 5.57 Å². The van der Waals surface area contributed by atoms with Crippen molar-refractivity contribution in [3.8, 4) is 5.75 Å². The highest BCUT2D eigenvalue weighted by Crippen LogP contribution is 2.40. The maximum Gasteiger partial charge on any atom is 0.272 e. The molecule has 158 valence electrons. The van der Waals surface area contributed by atoms with Crippen LogP contribution in [-0.2, 0) is 15.3 Å². The fraction of sp³-hybridized carbons (Fsp3) is 0.200. The van der Waals surface area contributed by atoms with Gasteiger partial charge in [-0.1, -0.05) is 30.3 Å². The third kappa shape index (κ3) is 4.30. The van der Waals surface area contributed by atoms with E-state index in [1.807, 2.05) is 69.3 Å². The van der Waals surface area contributed by atoms with E-state index in [1.165, 1.54) is 16.7 Å². The Kier molecular flexibility index (Phi) is 6.00. The highest BCUT2D eigenvalue weighted by molar-refractivity contribution is 8.03. The molecule has 2 heterocycles. The first-order valence-electron chi connectivity index (χ1n) is 10.1. The third-order valence-corrected chi connectivity index (χ3v) is 5.95. The summed E-state index contributed by atoms with van der Waals surface area (Å²) in [5.74, 6) is 1.29. The van der Waals surface area contributed by atoms with Crippen molar-refractivity contribution >= 4 is 34.8 Å². The van der Waals surface area contributed by atoms with E-state index in [1.54, 1.807) is 18.4 Å². The Labute approximate surface area is 185 Å². The number of ether oxygens (including phenoxy) is 1. The van der Waals surface area contributed by atoms with Crippen molar-refractivity contribution in [2.24, 2.45) is 0 Å². The van der Waals surface area contributed by atoms with Gasteiger partial charge in [-0.2, -0.15) is 0 Å². The van der Waals surface area contributed by atoms with Crippen LogP contribution in [0.4, 0.5) is 5.69 Å². The van der Waals surface area contributed by atoms with Gasteiger partial charge in [0.1, 0.15) is 11.5 Å². The van der Waals surface area contributed by atoms with E-state index in [0.717, 1.165) is 17.1 Å². The van der Waals surface area contributed by atoms with E-state index in [4.69, 9.17) is 9.15 Å². The second-order valence-corrected chi connectivity index (χ2v) is 8.48. The lowest BCUT2D eigenvalue weighted by Crippen LogP contribution is -2.31. The maximum absolute atomic E-state index is 13.5. The number of imide groups is 1. The number of thioether (sulfide) groups is 1. The Bertz CT molecular complexity index is 1130. The molecule has 0 spiro atoms. The van der Waals surface area contributed by atoms with Crippen LogP contribution in [0.15, 0.2) is 76.2 Å². The van der Waals surface area contributed by atoms with E-state index in [2.05, 4.69) is 0 Å². The fourth-order valence-corrected chi connectivity index (χ4v) is 4.46. The maximum atomic E-state index is 13.5. The Morgan fingerprint density at radius 2 is 1.71 bits per heavy atom. The molecule has 0 saturated carbocycles. The average Bonchev–Trinajstić information content (AvgIpc) is 3.34. The highest BCUT2D eigenvalue weighted by atomic mass is 32.2. The average molecular weight is 434 g/mol. The van der Waals surface area contributed by atoms with Crippen LogP contribution in [0, 0.1) is 6.92 Å². The van der Waals surface area contributed by atoms with Crippen molar-refractivity contribution < 1.29 is 18.7 Å². The van der Waals surface area contributed by atoms with E-state index < -0.39 is 0 Å². The Morgan fingerprint density at radius 1 is 0.968 bits per heavy atom. The smallest absolute Gasteiger partial charge is 0.272 e. The second-order valence-electron chi connectivity index (χ2n) is 7.50. The van der Waals surface area contributed by atoms with Gasteiger partial charge in [0, 0.05) is 0 Å². The fourth-order valence-electron chi connectivity index (χ4n) is 3.44. The predicted molar refractivity (Wildman–Crippen MR) is 123 cm³/mol. The summed E-state index contributed by atoms with van der Waals surface area (Å²) in [4.78, 5) is 28.6. The van der Waals surface area contributed by atoms with Crippen LogP contribution in [0.1, 0.15) is 30.7 Å². The minimum atomic E-state index is -0.321. The molecular weight excluding hydrogens is 410 g/mol. The SMILES string of the molecule is Cc1ccccc1N1C(=O)C(SCc2ccco2)=C(c2ccc(OC(C)C)cc2)C1=O. The Hall–Kier alpha value is -3.25. The number of amides is 2. The van der Waals surface area contributed by atoms with Gasteiger partial charge in [0.25, 0.3) is 11.8 Å². The summed E-state index contributed by atoms with van der Waals surface area (Å²) in [6, 6.07) is 18.4. The molecule has 0 unspecified atom stereocenters. The number of rotatable bonds is 7. The number of anilines is 1. The van der Waals surface area contributed by atoms with E-state index in [0.29, 0.717) is 27.5 Å². The molecule has 0 atom stereocenters. The van der Waals surface area contributed by atoms with E-state index >= 15 is 0 Å². The molecule has 1 aliphatic heterocycles. The van der Waals surface area contributed by atoms with Crippen molar-refractivity contribution in [2.75, 3.05) is 4.90 Å². The topological polar surface area (TPSA) is 59.8 Å². The summed E-state index contributed by atoms with van der Waals surface area (Å²) in [5, 5.41) is 0. The number of hydrogen-bond acceptors (Lipinski definition) is 5. The molecule has 31 heavy (non-hydrogen) atoms. The second kappa shape index (κ2) is 8.86. The highest BCUT2D eigenvalue weighted by Gasteiger charge is 2.40. The molecule has 2 aromatic carbocycles. The number of nitrogens with zero attached hydrogens (tertiary/aromatic N) is 1. The van der Waals surface area contributed by atoms with Gasteiger partial charge in [-0.15, -0.1) is 11.8 Å². The molecule has 1 aromatic heterocycles. The zero-order valence-electron chi connectivity index (χ0n) is 17.6. The molecule has 0 fully saturated rings. The van der Waals surface area contributed by atoms with Crippen molar-refractivity contribution in [3.05, 3.63) is 88.7 Å². The molecule has 0 saturated heterocycles. The number of para-hydroxylation sites is 1. The Morgan fingerprint density at radius 3 is 2.35 bits per heavy atom. The molecule has 0 aliphatic carbocycles. The number of carbonyl (C=O) groups is 2. The third-order valence-electron chi connectivity index (χ3n) is 4.85. The molecular formula is C25H23NO4S. The summed E-state index contributed by atoms with van der Waals surface area (Å²) < 4.78 is 11.1. The minimum Gasteiger partial charge on any atom is -0.491 e.